The van der Waals surface area contributed by atoms with Gasteiger partial charge in [-0.05, 0) is 31.5 Å². The minimum Gasteiger partial charge on any atom is -0.287 e. The lowest BCUT2D eigenvalue weighted by Gasteiger charge is -2.23. The van der Waals surface area contributed by atoms with Crippen molar-refractivity contribution in [1.82, 2.24) is 0 Å². The molecule has 0 aliphatic carbocycles. The van der Waals surface area contributed by atoms with Crippen LogP contribution in [0.15, 0.2) is 28.7 Å². The molecule has 20 heavy (non-hydrogen) atoms. The van der Waals surface area contributed by atoms with Gasteiger partial charge in [0.05, 0.1) is 13.2 Å². The number of hydrogen-bond acceptors (Lipinski definition) is 4. The molecule has 4 nitrogen and oxygen atoms in total. The Labute approximate surface area is 125 Å². The highest BCUT2D eigenvalue weighted by molar-refractivity contribution is 9.10. The van der Waals surface area contributed by atoms with Crippen LogP contribution in [0.1, 0.15) is 25.5 Å². The first kappa shape index (κ1) is 17.7. The van der Waals surface area contributed by atoms with Crippen molar-refractivity contribution in [3.63, 3.8) is 0 Å². The van der Waals surface area contributed by atoms with Crippen molar-refractivity contribution < 1.29 is 26.9 Å². The van der Waals surface area contributed by atoms with Gasteiger partial charge in [0.1, 0.15) is 0 Å². The van der Waals surface area contributed by atoms with Gasteiger partial charge in [-0.25, -0.2) is 13.3 Å². The van der Waals surface area contributed by atoms with E-state index in [1.54, 1.807) is 26.0 Å². The molecule has 0 bridgehead atoms. The van der Waals surface area contributed by atoms with Crippen LogP contribution in [0, 0.1) is 0 Å². The minimum absolute atomic E-state index is 0.0335. The van der Waals surface area contributed by atoms with E-state index in [-0.39, 0.29) is 18.8 Å². The monoisotopic (exact) mass is 372 g/mol. The Hall–Kier alpha value is -0.330. The van der Waals surface area contributed by atoms with Crippen molar-refractivity contribution in [3.8, 4) is 0 Å². The maximum absolute atomic E-state index is 13.2. The second-order valence-electron chi connectivity index (χ2n) is 3.70. The molecule has 0 aliphatic heterocycles. The maximum atomic E-state index is 13.2. The lowest BCUT2D eigenvalue weighted by Crippen LogP contribution is -2.14. The smallest absolute Gasteiger partial charge is 0.287 e. The van der Waals surface area contributed by atoms with Crippen LogP contribution in [0.2, 0.25) is 0 Å². The molecule has 0 aromatic heterocycles. The topological polar surface area (TPSA) is 44.8 Å². The first-order valence-electron chi connectivity index (χ1n) is 6.03. The molecule has 1 rings (SSSR count). The fourth-order valence-corrected chi connectivity index (χ4v) is 3.23. The van der Waals surface area contributed by atoms with Crippen LogP contribution in [-0.2, 0) is 18.1 Å². The molecule has 0 aliphatic rings. The number of alkyl halides is 2. The van der Waals surface area contributed by atoms with Crippen LogP contribution in [-0.4, -0.2) is 19.6 Å². The number of halogens is 3. The van der Waals surface area contributed by atoms with Gasteiger partial charge in [-0.15, -0.1) is 0 Å². The molecule has 1 aromatic carbocycles. The Morgan fingerprint density at radius 1 is 1.25 bits per heavy atom. The highest BCUT2D eigenvalue weighted by atomic mass is 79.9. The summed E-state index contributed by atoms with van der Waals surface area (Å²) in [6, 6.07) is 6.21. The Morgan fingerprint density at radius 2 is 1.85 bits per heavy atom. The molecule has 0 saturated heterocycles. The number of phosphoric ester groups is 1. The van der Waals surface area contributed by atoms with Crippen LogP contribution in [0.4, 0.5) is 8.78 Å². The Balaban J connectivity index is 2.99. The van der Waals surface area contributed by atoms with Crippen molar-refractivity contribution in [2.24, 2.45) is 0 Å². The Morgan fingerprint density at radius 3 is 2.30 bits per heavy atom. The predicted octanol–water partition coefficient (Wildman–Crippen LogP) is 4.95. The molecular formula is C12H16BrF2O4P. The highest BCUT2D eigenvalue weighted by Gasteiger charge is 2.35. The fraction of sp³-hybridized carbons (Fsp3) is 0.500. The summed E-state index contributed by atoms with van der Waals surface area (Å²) in [5.74, 6) is 0. The molecule has 0 heterocycles. The normalized spacial score (nSPS) is 13.7. The van der Waals surface area contributed by atoms with Gasteiger partial charge >= 0.3 is 7.82 Å². The van der Waals surface area contributed by atoms with Gasteiger partial charge in [-0.1, -0.05) is 28.1 Å². The molecular weight excluding hydrogens is 357 g/mol. The number of rotatable bonds is 8. The van der Waals surface area contributed by atoms with Gasteiger partial charge in [-0.3, -0.25) is 13.6 Å². The van der Waals surface area contributed by atoms with Gasteiger partial charge in [0, 0.05) is 4.47 Å². The molecule has 1 atom stereocenters. The average molecular weight is 373 g/mol. The maximum Gasteiger partial charge on any atom is 0.475 e. The van der Waals surface area contributed by atoms with Gasteiger partial charge in [-0.2, -0.15) is 0 Å². The number of phosphoric acid groups is 1. The van der Waals surface area contributed by atoms with E-state index >= 15 is 0 Å². The van der Waals surface area contributed by atoms with Crippen LogP contribution in [0.3, 0.4) is 0 Å². The molecule has 0 fully saturated rings. The van der Waals surface area contributed by atoms with Gasteiger partial charge in [0.2, 0.25) is 0 Å². The van der Waals surface area contributed by atoms with E-state index < -0.39 is 20.4 Å². The lowest BCUT2D eigenvalue weighted by molar-refractivity contribution is -0.0173. The average Bonchev–Trinajstić information content (AvgIpc) is 2.36. The van der Waals surface area contributed by atoms with Crippen LogP contribution in [0.25, 0.3) is 0 Å². The highest BCUT2D eigenvalue weighted by Crippen LogP contribution is 2.54. The summed E-state index contributed by atoms with van der Waals surface area (Å²) in [4.78, 5) is 0. The number of hydrogen-bond donors (Lipinski definition) is 0. The summed E-state index contributed by atoms with van der Waals surface area (Å²) in [6.07, 6.45) is -4.55. The van der Waals surface area contributed by atoms with Gasteiger partial charge in [0.15, 0.2) is 6.10 Å². The van der Waals surface area contributed by atoms with E-state index in [0.29, 0.717) is 4.47 Å². The summed E-state index contributed by atoms with van der Waals surface area (Å²) in [5.41, 5.74) is 0.189. The SMILES string of the molecule is CCOP(=O)(OCC)O[C@@H](c1cccc(Br)c1)C(F)F. The summed E-state index contributed by atoms with van der Waals surface area (Å²) in [7, 11) is -4.01. The van der Waals surface area contributed by atoms with Crippen LogP contribution >= 0.6 is 23.8 Å². The van der Waals surface area contributed by atoms with Gasteiger partial charge < -0.3 is 0 Å². The molecule has 0 unspecified atom stereocenters. The van der Waals surface area contributed by atoms with E-state index in [0.717, 1.165) is 0 Å². The minimum atomic E-state index is -4.01. The predicted molar refractivity (Wildman–Crippen MR) is 74.8 cm³/mol. The van der Waals surface area contributed by atoms with Crippen molar-refractivity contribution >= 4 is 23.8 Å². The molecule has 0 radical (unpaired) electrons. The van der Waals surface area contributed by atoms with Crippen molar-refractivity contribution in [1.29, 1.82) is 0 Å². The van der Waals surface area contributed by atoms with E-state index in [9.17, 15) is 13.3 Å². The largest absolute Gasteiger partial charge is 0.475 e. The van der Waals surface area contributed by atoms with E-state index in [4.69, 9.17) is 13.6 Å². The molecule has 0 amide bonds. The lowest BCUT2D eigenvalue weighted by atomic mass is 10.1. The zero-order chi connectivity index (χ0) is 15.2. The van der Waals surface area contributed by atoms with Gasteiger partial charge in [0.25, 0.3) is 6.43 Å². The van der Waals surface area contributed by atoms with Crippen LogP contribution in [0.5, 0.6) is 0 Å². The summed E-state index contributed by atoms with van der Waals surface area (Å²) >= 11 is 3.19. The third-order valence-corrected chi connectivity index (χ3v) is 4.35. The quantitative estimate of drug-likeness (QED) is 0.605. The molecule has 8 heteroatoms. The molecule has 0 saturated carbocycles. The summed E-state index contributed by atoms with van der Waals surface area (Å²) in [5, 5.41) is 0. The molecule has 0 N–H and O–H groups in total. The fourth-order valence-electron chi connectivity index (χ4n) is 1.49. The zero-order valence-corrected chi connectivity index (χ0v) is 13.6. The second kappa shape index (κ2) is 8.20. The van der Waals surface area contributed by atoms with E-state index in [1.807, 2.05) is 0 Å². The standard InChI is InChI=1S/C12H16BrF2O4P/c1-3-17-20(16,18-4-2)19-11(12(14)15)9-6-5-7-10(13)8-9/h5-8,11-12H,3-4H2,1-2H3/t11-/m0/s1. The third-order valence-electron chi connectivity index (χ3n) is 2.22. The first-order valence-corrected chi connectivity index (χ1v) is 8.28. The molecule has 0 spiro atoms. The second-order valence-corrected chi connectivity index (χ2v) is 6.24. The van der Waals surface area contributed by atoms with E-state index in [2.05, 4.69) is 15.9 Å². The molecule has 114 valence electrons. The summed E-state index contributed by atoms with van der Waals surface area (Å²) < 4.78 is 53.8. The Kier molecular flexibility index (Phi) is 7.26. The van der Waals surface area contributed by atoms with Crippen molar-refractivity contribution in [2.45, 2.75) is 26.4 Å². The first-order chi connectivity index (χ1) is 9.41. The van der Waals surface area contributed by atoms with Crippen LogP contribution < -0.4 is 0 Å². The van der Waals surface area contributed by atoms with Crippen molar-refractivity contribution in [3.05, 3.63) is 34.3 Å². The van der Waals surface area contributed by atoms with Crippen molar-refractivity contribution in [2.75, 3.05) is 13.2 Å². The summed E-state index contributed by atoms with van der Waals surface area (Å²) in [6.45, 7) is 3.22. The number of benzene rings is 1. The molecule has 1 aromatic rings. The zero-order valence-electron chi connectivity index (χ0n) is 11.1. The third kappa shape index (κ3) is 5.22. The van der Waals surface area contributed by atoms with E-state index in [1.165, 1.54) is 12.1 Å². The Bertz CT molecular complexity index is 463.